The van der Waals surface area contributed by atoms with E-state index in [9.17, 15) is 4.79 Å². The van der Waals surface area contributed by atoms with Crippen LogP contribution < -0.4 is 5.32 Å². The fraction of sp³-hybridized carbons (Fsp3) is 0.308. The molecule has 0 heterocycles. The molecule has 1 amide bonds. The van der Waals surface area contributed by atoms with Crippen molar-refractivity contribution in [3.8, 4) is 0 Å². The summed E-state index contributed by atoms with van der Waals surface area (Å²) in [6, 6.07) is 7.52. The summed E-state index contributed by atoms with van der Waals surface area (Å²) in [5.74, 6) is 0.0485. The highest BCUT2D eigenvalue weighted by molar-refractivity contribution is 8.00. The highest BCUT2D eigenvalue weighted by Crippen LogP contribution is 2.26. The molecule has 0 aliphatic carbocycles. The number of hydrogen-bond donors (Lipinski definition) is 1. The number of carbonyl (C=O) groups excluding carboxylic acids is 1. The standard InChI is InChI=1S/C13H16ClNOS/c1-3-9-15-13(16)12(4-2)17-11-7-5-10(14)6-8-11/h3,5-8,12H,1,4,9H2,2H3,(H,15,16)/t12-/m0/s1. The second-order valence-electron chi connectivity index (χ2n) is 3.50. The van der Waals surface area contributed by atoms with Crippen LogP contribution in [0.25, 0.3) is 0 Å². The molecule has 92 valence electrons. The minimum atomic E-state index is -0.0730. The van der Waals surface area contributed by atoms with Crippen LogP contribution in [0.2, 0.25) is 5.02 Å². The zero-order valence-corrected chi connectivity index (χ0v) is 11.4. The summed E-state index contributed by atoms with van der Waals surface area (Å²) in [7, 11) is 0. The maximum absolute atomic E-state index is 11.8. The van der Waals surface area contributed by atoms with E-state index in [0.29, 0.717) is 11.6 Å². The molecule has 4 heteroatoms. The van der Waals surface area contributed by atoms with Gasteiger partial charge in [-0.15, -0.1) is 18.3 Å². The molecular formula is C13H16ClNOS. The average Bonchev–Trinajstić information content (AvgIpc) is 2.35. The Morgan fingerprint density at radius 1 is 1.53 bits per heavy atom. The monoisotopic (exact) mass is 269 g/mol. The summed E-state index contributed by atoms with van der Waals surface area (Å²) >= 11 is 7.36. The van der Waals surface area contributed by atoms with Crippen LogP contribution >= 0.6 is 23.4 Å². The maximum atomic E-state index is 11.8. The predicted molar refractivity (Wildman–Crippen MR) is 74.6 cm³/mol. The molecule has 0 bridgehead atoms. The van der Waals surface area contributed by atoms with Crippen molar-refractivity contribution in [3.63, 3.8) is 0 Å². The van der Waals surface area contributed by atoms with Gasteiger partial charge in [-0.3, -0.25) is 4.79 Å². The molecule has 0 spiro atoms. The van der Waals surface area contributed by atoms with Gasteiger partial charge in [0.2, 0.25) is 5.91 Å². The van der Waals surface area contributed by atoms with Crippen LogP contribution in [0.1, 0.15) is 13.3 Å². The SMILES string of the molecule is C=CCNC(=O)[C@H](CC)Sc1ccc(Cl)cc1. The Balaban J connectivity index is 2.59. The third-order valence-corrected chi connectivity index (χ3v) is 3.80. The van der Waals surface area contributed by atoms with E-state index in [0.717, 1.165) is 11.3 Å². The van der Waals surface area contributed by atoms with Gasteiger partial charge in [-0.2, -0.15) is 0 Å². The molecule has 1 atom stereocenters. The molecule has 0 radical (unpaired) electrons. The lowest BCUT2D eigenvalue weighted by atomic mass is 10.3. The maximum Gasteiger partial charge on any atom is 0.233 e. The Morgan fingerprint density at radius 2 is 2.18 bits per heavy atom. The van der Waals surface area contributed by atoms with Crippen molar-refractivity contribution in [2.45, 2.75) is 23.5 Å². The molecule has 0 saturated carbocycles. The van der Waals surface area contributed by atoms with Gasteiger partial charge in [0.25, 0.3) is 0 Å². The lowest BCUT2D eigenvalue weighted by Gasteiger charge is -2.13. The highest BCUT2D eigenvalue weighted by Gasteiger charge is 2.16. The Hall–Kier alpha value is -0.930. The van der Waals surface area contributed by atoms with E-state index < -0.39 is 0 Å². The Kier molecular flexibility index (Phi) is 6.16. The fourth-order valence-corrected chi connectivity index (χ4v) is 2.39. The van der Waals surface area contributed by atoms with Crippen molar-refractivity contribution < 1.29 is 4.79 Å². The van der Waals surface area contributed by atoms with Crippen LogP contribution in [0.4, 0.5) is 0 Å². The Bertz CT molecular complexity index is 378. The molecular weight excluding hydrogens is 254 g/mol. The molecule has 2 nitrogen and oxygen atoms in total. The number of amides is 1. The van der Waals surface area contributed by atoms with E-state index in [1.54, 1.807) is 17.8 Å². The van der Waals surface area contributed by atoms with Gasteiger partial charge in [-0.25, -0.2) is 0 Å². The second kappa shape index (κ2) is 7.41. The van der Waals surface area contributed by atoms with Gasteiger partial charge in [0.1, 0.15) is 0 Å². The Labute approximate surface area is 111 Å². The number of thioether (sulfide) groups is 1. The third-order valence-electron chi connectivity index (χ3n) is 2.18. The van der Waals surface area contributed by atoms with Gasteiger partial charge in [0.15, 0.2) is 0 Å². The van der Waals surface area contributed by atoms with Gasteiger partial charge in [-0.1, -0.05) is 24.6 Å². The van der Waals surface area contributed by atoms with E-state index in [1.807, 2.05) is 31.2 Å². The quantitative estimate of drug-likeness (QED) is 0.632. The molecule has 0 unspecified atom stereocenters. The van der Waals surface area contributed by atoms with Crippen LogP contribution in [-0.2, 0) is 4.79 Å². The zero-order chi connectivity index (χ0) is 12.7. The first-order valence-corrected chi connectivity index (χ1v) is 6.74. The largest absolute Gasteiger partial charge is 0.352 e. The van der Waals surface area contributed by atoms with Crippen molar-refractivity contribution in [2.24, 2.45) is 0 Å². The second-order valence-corrected chi connectivity index (χ2v) is 5.22. The van der Waals surface area contributed by atoms with Crippen LogP contribution in [0.15, 0.2) is 41.8 Å². The smallest absolute Gasteiger partial charge is 0.233 e. The third kappa shape index (κ3) is 4.84. The zero-order valence-electron chi connectivity index (χ0n) is 9.78. The van der Waals surface area contributed by atoms with Crippen molar-refractivity contribution >= 4 is 29.3 Å². The molecule has 1 N–H and O–H groups in total. The van der Waals surface area contributed by atoms with E-state index in [4.69, 9.17) is 11.6 Å². The molecule has 0 saturated heterocycles. The molecule has 0 aromatic heterocycles. The number of rotatable bonds is 6. The number of halogens is 1. The number of nitrogens with one attached hydrogen (secondary N) is 1. The fourth-order valence-electron chi connectivity index (χ4n) is 1.29. The van der Waals surface area contributed by atoms with Gasteiger partial charge >= 0.3 is 0 Å². The molecule has 0 aliphatic rings. The highest BCUT2D eigenvalue weighted by atomic mass is 35.5. The van der Waals surface area contributed by atoms with E-state index in [-0.39, 0.29) is 11.2 Å². The van der Waals surface area contributed by atoms with Gasteiger partial charge in [0, 0.05) is 16.5 Å². The summed E-state index contributed by atoms with van der Waals surface area (Å²) in [6.45, 7) is 6.09. The Morgan fingerprint density at radius 3 is 2.71 bits per heavy atom. The minimum Gasteiger partial charge on any atom is -0.352 e. The minimum absolute atomic E-state index is 0.0485. The topological polar surface area (TPSA) is 29.1 Å². The first-order chi connectivity index (χ1) is 8.17. The van der Waals surface area contributed by atoms with Crippen molar-refractivity contribution in [1.82, 2.24) is 5.32 Å². The summed E-state index contributed by atoms with van der Waals surface area (Å²) in [5, 5.41) is 3.45. The number of benzene rings is 1. The van der Waals surface area contributed by atoms with Gasteiger partial charge in [-0.05, 0) is 30.7 Å². The van der Waals surface area contributed by atoms with Crippen LogP contribution in [-0.4, -0.2) is 17.7 Å². The van der Waals surface area contributed by atoms with E-state index in [2.05, 4.69) is 11.9 Å². The summed E-state index contributed by atoms with van der Waals surface area (Å²) in [6.07, 6.45) is 2.47. The van der Waals surface area contributed by atoms with Crippen LogP contribution in [0.3, 0.4) is 0 Å². The van der Waals surface area contributed by atoms with Crippen molar-refractivity contribution in [2.75, 3.05) is 6.54 Å². The predicted octanol–water partition coefficient (Wildman–Crippen LogP) is 3.51. The summed E-state index contributed by atoms with van der Waals surface area (Å²) < 4.78 is 0. The molecule has 0 aliphatic heterocycles. The summed E-state index contributed by atoms with van der Waals surface area (Å²) in [5.41, 5.74) is 0. The molecule has 1 aromatic rings. The summed E-state index contributed by atoms with van der Waals surface area (Å²) in [4.78, 5) is 12.8. The van der Waals surface area contributed by atoms with Crippen molar-refractivity contribution in [1.29, 1.82) is 0 Å². The van der Waals surface area contributed by atoms with E-state index in [1.165, 1.54) is 0 Å². The molecule has 1 rings (SSSR count). The van der Waals surface area contributed by atoms with Gasteiger partial charge in [0.05, 0.1) is 5.25 Å². The molecule has 17 heavy (non-hydrogen) atoms. The van der Waals surface area contributed by atoms with E-state index >= 15 is 0 Å². The normalized spacial score (nSPS) is 11.9. The van der Waals surface area contributed by atoms with Gasteiger partial charge < -0.3 is 5.32 Å². The average molecular weight is 270 g/mol. The molecule has 0 fully saturated rings. The number of hydrogen-bond acceptors (Lipinski definition) is 2. The first-order valence-electron chi connectivity index (χ1n) is 5.48. The van der Waals surface area contributed by atoms with Crippen LogP contribution in [0, 0.1) is 0 Å². The van der Waals surface area contributed by atoms with Crippen molar-refractivity contribution in [3.05, 3.63) is 41.9 Å². The first kappa shape index (κ1) is 14.1. The van der Waals surface area contributed by atoms with Crippen LogP contribution in [0.5, 0.6) is 0 Å². The lowest BCUT2D eigenvalue weighted by Crippen LogP contribution is -2.32. The lowest BCUT2D eigenvalue weighted by molar-refractivity contribution is -0.120. The molecule has 1 aromatic carbocycles. The number of carbonyl (C=O) groups is 1.